The highest BCUT2D eigenvalue weighted by Gasteiger charge is 2.27. The monoisotopic (exact) mass is 239 g/mol. The van der Waals surface area contributed by atoms with Gasteiger partial charge in [0.15, 0.2) is 0 Å². The van der Waals surface area contributed by atoms with Crippen molar-refractivity contribution < 1.29 is 14.6 Å². The number of hydrogen-bond acceptors (Lipinski definition) is 3. The zero-order valence-corrected chi connectivity index (χ0v) is 9.93. The standard InChI is InChI=1S/C13H18FNO2/c1-9(17)11-4-5-15(7-11)13-3-2-10(8-16)6-12(13)14/h2-3,6,9,11,16-17H,4-5,7-8H2,1H3. The van der Waals surface area contributed by atoms with Gasteiger partial charge in [0, 0.05) is 19.0 Å². The highest BCUT2D eigenvalue weighted by Crippen LogP contribution is 2.28. The van der Waals surface area contributed by atoms with Crippen LogP contribution in [0.5, 0.6) is 0 Å². The topological polar surface area (TPSA) is 43.7 Å². The smallest absolute Gasteiger partial charge is 0.146 e. The third-order valence-corrected chi connectivity index (χ3v) is 3.44. The maximum Gasteiger partial charge on any atom is 0.146 e. The summed E-state index contributed by atoms with van der Waals surface area (Å²) in [5.74, 6) is -0.0882. The van der Waals surface area contributed by atoms with Crippen LogP contribution in [0.25, 0.3) is 0 Å². The van der Waals surface area contributed by atoms with Crippen molar-refractivity contribution in [3.63, 3.8) is 0 Å². The number of aliphatic hydroxyl groups is 2. The molecule has 94 valence electrons. The third kappa shape index (κ3) is 2.58. The second kappa shape index (κ2) is 5.02. The summed E-state index contributed by atoms with van der Waals surface area (Å²) in [4.78, 5) is 1.95. The minimum absolute atomic E-state index is 0.145. The zero-order valence-electron chi connectivity index (χ0n) is 9.93. The lowest BCUT2D eigenvalue weighted by atomic mass is 10.0. The summed E-state index contributed by atoms with van der Waals surface area (Å²) in [7, 11) is 0. The van der Waals surface area contributed by atoms with Crippen molar-refractivity contribution in [3.05, 3.63) is 29.6 Å². The van der Waals surface area contributed by atoms with Crippen molar-refractivity contribution in [2.45, 2.75) is 26.1 Å². The first-order valence-electron chi connectivity index (χ1n) is 5.94. The van der Waals surface area contributed by atoms with E-state index in [4.69, 9.17) is 5.11 Å². The molecule has 1 fully saturated rings. The van der Waals surface area contributed by atoms with E-state index < -0.39 is 0 Å². The molecule has 1 heterocycles. The van der Waals surface area contributed by atoms with E-state index in [2.05, 4.69) is 0 Å². The van der Waals surface area contributed by atoms with E-state index in [1.807, 2.05) is 4.90 Å². The van der Waals surface area contributed by atoms with Crippen LogP contribution in [0.2, 0.25) is 0 Å². The molecular weight excluding hydrogens is 221 g/mol. The minimum Gasteiger partial charge on any atom is -0.393 e. The Morgan fingerprint density at radius 1 is 1.53 bits per heavy atom. The van der Waals surface area contributed by atoms with Crippen LogP contribution in [0.4, 0.5) is 10.1 Å². The molecule has 4 heteroatoms. The third-order valence-electron chi connectivity index (χ3n) is 3.44. The zero-order chi connectivity index (χ0) is 12.4. The van der Waals surface area contributed by atoms with Gasteiger partial charge in [-0.1, -0.05) is 6.07 Å². The maximum atomic E-state index is 13.8. The Balaban J connectivity index is 2.13. The normalized spacial score (nSPS) is 21.9. The number of hydrogen-bond donors (Lipinski definition) is 2. The lowest BCUT2D eigenvalue weighted by Gasteiger charge is -2.20. The summed E-state index contributed by atoms with van der Waals surface area (Å²) in [5, 5.41) is 18.4. The van der Waals surface area contributed by atoms with Crippen LogP contribution in [0.1, 0.15) is 18.9 Å². The average molecular weight is 239 g/mol. The van der Waals surface area contributed by atoms with Crippen molar-refractivity contribution in [1.82, 2.24) is 0 Å². The molecule has 2 rings (SSSR count). The number of anilines is 1. The Morgan fingerprint density at radius 2 is 2.29 bits per heavy atom. The molecule has 0 aliphatic carbocycles. The van der Waals surface area contributed by atoms with Gasteiger partial charge in [-0.25, -0.2) is 4.39 Å². The van der Waals surface area contributed by atoms with E-state index in [0.717, 1.165) is 13.0 Å². The highest BCUT2D eigenvalue weighted by atomic mass is 19.1. The van der Waals surface area contributed by atoms with Crippen LogP contribution in [-0.2, 0) is 6.61 Å². The fraction of sp³-hybridized carbons (Fsp3) is 0.538. The van der Waals surface area contributed by atoms with Gasteiger partial charge in [-0.15, -0.1) is 0 Å². The predicted octanol–water partition coefficient (Wildman–Crippen LogP) is 1.53. The molecule has 0 bridgehead atoms. The molecule has 1 aromatic carbocycles. The molecule has 1 aliphatic heterocycles. The molecule has 3 nitrogen and oxygen atoms in total. The number of halogens is 1. The average Bonchev–Trinajstić information content (AvgIpc) is 2.78. The second-order valence-electron chi connectivity index (χ2n) is 4.68. The number of nitrogens with zero attached hydrogens (tertiary/aromatic N) is 1. The summed E-state index contributed by atoms with van der Waals surface area (Å²) in [5.41, 5.74) is 1.14. The number of aliphatic hydroxyl groups excluding tert-OH is 2. The SMILES string of the molecule is CC(O)C1CCN(c2ccc(CO)cc2F)C1. The largest absolute Gasteiger partial charge is 0.393 e. The van der Waals surface area contributed by atoms with Crippen LogP contribution in [-0.4, -0.2) is 29.4 Å². The van der Waals surface area contributed by atoms with Crippen LogP contribution in [0.15, 0.2) is 18.2 Å². The van der Waals surface area contributed by atoms with Gasteiger partial charge in [0.1, 0.15) is 5.82 Å². The van der Waals surface area contributed by atoms with E-state index in [-0.39, 0.29) is 24.4 Å². The molecule has 0 saturated carbocycles. The van der Waals surface area contributed by atoms with Crippen molar-refractivity contribution in [2.24, 2.45) is 5.92 Å². The Bertz CT molecular complexity index is 395. The maximum absolute atomic E-state index is 13.8. The van der Waals surface area contributed by atoms with Crippen LogP contribution in [0.3, 0.4) is 0 Å². The molecule has 17 heavy (non-hydrogen) atoms. The van der Waals surface area contributed by atoms with Crippen molar-refractivity contribution >= 4 is 5.69 Å². The molecule has 2 unspecified atom stereocenters. The Kier molecular flexibility index (Phi) is 3.64. The Hall–Kier alpha value is -1.13. The van der Waals surface area contributed by atoms with E-state index in [0.29, 0.717) is 17.8 Å². The van der Waals surface area contributed by atoms with E-state index in [1.54, 1.807) is 19.1 Å². The molecule has 1 aromatic rings. The highest BCUT2D eigenvalue weighted by molar-refractivity contribution is 5.50. The van der Waals surface area contributed by atoms with Gasteiger partial charge in [-0.3, -0.25) is 0 Å². The summed E-state index contributed by atoms with van der Waals surface area (Å²) >= 11 is 0. The molecule has 0 spiro atoms. The molecule has 0 aromatic heterocycles. The first kappa shape index (κ1) is 12.3. The molecule has 2 N–H and O–H groups in total. The summed E-state index contributed by atoms with van der Waals surface area (Å²) in [6, 6.07) is 4.80. The molecule has 2 atom stereocenters. The van der Waals surface area contributed by atoms with E-state index in [9.17, 15) is 9.50 Å². The lowest BCUT2D eigenvalue weighted by molar-refractivity contribution is 0.136. The number of benzene rings is 1. The van der Waals surface area contributed by atoms with Gasteiger partial charge in [-0.05, 0) is 31.0 Å². The van der Waals surface area contributed by atoms with Crippen molar-refractivity contribution in [3.8, 4) is 0 Å². The summed E-state index contributed by atoms with van der Waals surface area (Å²) in [6.07, 6.45) is 0.540. The quantitative estimate of drug-likeness (QED) is 0.840. The van der Waals surface area contributed by atoms with Gasteiger partial charge >= 0.3 is 0 Å². The van der Waals surface area contributed by atoms with Crippen molar-refractivity contribution in [2.75, 3.05) is 18.0 Å². The predicted molar refractivity (Wildman–Crippen MR) is 64.3 cm³/mol. The lowest BCUT2D eigenvalue weighted by Crippen LogP contribution is -2.24. The van der Waals surface area contributed by atoms with Gasteiger partial charge in [0.2, 0.25) is 0 Å². The Labute approximate surface area is 100 Å². The van der Waals surface area contributed by atoms with Crippen LogP contribution >= 0.6 is 0 Å². The molecular formula is C13H18FNO2. The first-order valence-corrected chi connectivity index (χ1v) is 5.94. The van der Waals surface area contributed by atoms with Crippen molar-refractivity contribution in [1.29, 1.82) is 0 Å². The van der Waals surface area contributed by atoms with Gasteiger partial charge in [-0.2, -0.15) is 0 Å². The summed E-state index contributed by atoms with van der Waals surface area (Å²) < 4.78 is 13.8. The van der Waals surface area contributed by atoms with Crippen LogP contribution < -0.4 is 4.90 Å². The molecule has 0 amide bonds. The van der Waals surface area contributed by atoms with Gasteiger partial charge in [0.25, 0.3) is 0 Å². The number of rotatable bonds is 3. The first-order chi connectivity index (χ1) is 8.11. The molecule has 0 radical (unpaired) electrons. The fourth-order valence-electron chi connectivity index (χ4n) is 2.31. The minimum atomic E-state index is -0.347. The van der Waals surface area contributed by atoms with E-state index >= 15 is 0 Å². The van der Waals surface area contributed by atoms with Crippen LogP contribution in [0, 0.1) is 11.7 Å². The van der Waals surface area contributed by atoms with Gasteiger partial charge in [0.05, 0.1) is 18.4 Å². The molecule has 1 aliphatic rings. The fourth-order valence-corrected chi connectivity index (χ4v) is 2.31. The Morgan fingerprint density at radius 3 is 2.82 bits per heavy atom. The molecule has 1 saturated heterocycles. The van der Waals surface area contributed by atoms with E-state index in [1.165, 1.54) is 6.07 Å². The van der Waals surface area contributed by atoms with Gasteiger partial charge < -0.3 is 15.1 Å². The summed E-state index contributed by atoms with van der Waals surface area (Å²) in [6.45, 7) is 3.09. The second-order valence-corrected chi connectivity index (χ2v) is 4.68.